The van der Waals surface area contributed by atoms with Crippen molar-refractivity contribution < 1.29 is 22.7 Å². The van der Waals surface area contributed by atoms with Crippen molar-refractivity contribution >= 4 is 39.7 Å². The molecule has 3 heterocycles. The molecule has 0 spiro atoms. The predicted molar refractivity (Wildman–Crippen MR) is 137 cm³/mol. The molecule has 4 aromatic rings. The van der Waals surface area contributed by atoms with E-state index in [1.807, 2.05) is 43.3 Å². The molecule has 0 bridgehead atoms. The standard InChI is InChI=1S/C26H21F3N2O2S2/c1-31(2)21-12-10-20(34-21)25-24(17-5-4-14-30-15-17)23(19(35-25)11-13-22(32)33-3)16-6-8-18(9-7-16)26(27,28)29/h4-15H,1-3H3/b13-11+. The van der Waals surface area contributed by atoms with E-state index in [9.17, 15) is 18.0 Å². The van der Waals surface area contributed by atoms with Crippen LogP contribution in [0.1, 0.15) is 10.4 Å². The molecule has 0 aliphatic rings. The van der Waals surface area contributed by atoms with Gasteiger partial charge in [0.15, 0.2) is 0 Å². The second-order valence-corrected chi connectivity index (χ2v) is 9.87. The summed E-state index contributed by atoms with van der Waals surface area (Å²) in [6.45, 7) is 0. The molecule has 0 saturated carbocycles. The van der Waals surface area contributed by atoms with Gasteiger partial charge in [-0.25, -0.2) is 4.79 Å². The molecule has 4 rings (SSSR count). The molecule has 0 fully saturated rings. The largest absolute Gasteiger partial charge is 0.466 e. The van der Waals surface area contributed by atoms with Crippen LogP contribution in [0, 0.1) is 0 Å². The normalized spacial score (nSPS) is 11.7. The molecule has 9 heteroatoms. The number of halogens is 3. The van der Waals surface area contributed by atoms with Gasteiger partial charge in [-0.2, -0.15) is 13.2 Å². The Balaban J connectivity index is 2.00. The average Bonchev–Trinajstić information content (AvgIpc) is 3.48. The SMILES string of the molecule is COC(=O)/C=C/c1sc(-c2ccc(N(C)C)s2)c(-c2cccnc2)c1-c1ccc(C(F)(F)F)cc1. The Morgan fingerprint density at radius 3 is 2.31 bits per heavy atom. The maximum absolute atomic E-state index is 13.2. The number of benzene rings is 1. The molecule has 180 valence electrons. The summed E-state index contributed by atoms with van der Waals surface area (Å²) in [5.74, 6) is -0.521. The van der Waals surface area contributed by atoms with Crippen LogP contribution in [0.5, 0.6) is 0 Å². The number of thiophene rings is 2. The number of pyridine rings is 1. The highest BCUT2D eigenvalue weighted by Gasteiger charge is 2.30. The van der Waals surface area contributed by atoms with Crippen molar-refractivity contribution in [1.82, 2.24) is 4.98 Å². The quantitative estimate of drug-likeness (QED) is 0.198. The van der Waals surface area contributed by atoms with E-state index in [1.54, 1.807) is 29.8 Å². The lowest BCUT2D eigenvalue weighted by Crippen LogP contribution is -2.05. The lowest BCUT2D eigenvalue weighted by Gasteiger charge is -2.11. The maximum atomic E-state index is 13.2. The Hall–Kier alpha value is -3.43. The van der Waals surface area contributed by atoms with E-state index >= 15 is 0 Å². The van der Waals surface area contributed by atoms with Crippen LogP contribution in [0.15, 0.2) is 67.0 Å². The molecule has 0 aliphatic carbocycles. The Morgan fingerprint density at radius 1 is 1.00 bits per heavy atom. The van der Waals surface area contributed by atoms with E-state index in [0.717, 1.165) is 48.5 Å². The highest BCUT2D eigenvalue weighted by atomic mass is 32.1. The van der Waals surface area contributed by atoms with Crippen LogP contribution < -0.4 is 4.90 Å². The van der Waals surface area contributed by atoms with Crippen molar-refractivity contribution in [2.45, 2.75) is 6.18 Å². The highest BCUT2D eigenvalue weighted by Crippen LogP contribution is 2.50. The molecule has 1 aromatic carbocycles. The summed E-state index contributed by atoms with van der Waals surface area (Å²) < 4.78 is 44.4. The Labute approximate surface area is 208 Å². The number of anilines is 1. The minimum atomic E-state index is -4.43. The van der Waals surface area contributed by atoms with E-state index in [2.05, 4.69) is 4.98 Å². The smallest absolute Gasteiger partial charge is 0.416 e. The first-order chi connectivity index (χ1) is 16.7. The zero-order chi connectivity index (χ0) is 25.2. The summed E-state index contributed by atoms with van der Waals surface area (Å²) in [4.78, 5) is 20.8. The van der Waals surface area contributed by atoms with E-state index in [-0.39, 0.29) is 0 Å². The van der Waals surface area contributed by atoms with Crippen LogP contribution in [-0.2, 0) is 15.7 Å². The molecule has 0 unspecified atom stereocenters. The maximum Gasteiger partial charge on any atom is 0.416 e. The van der Waals surface area contributed by atoms with Gasteiger partial charge in [0.25, 0.3) is 0 Å². The predicted octanol–water partition coefficient (Wildman–Crippen LogP) is 7.48. The third-order valence-electron chi connectivity index (χ3n) is 5.21. The van der Waals surface area contributed by atoms with Gasteiger partial charge in [0.2, 0.25) is 0 Å². The zero-order valence-corrected chi connectivity index (χ0v) is 20.7. The topological polar surface area (TPSA) is 42.4 Å². The molecule has 4 nitrogen and oxygen atoms in total. The second-order valence-electron chi connectivity index (χ2n) is 7.75. The summed E-state index contributed by atoms with van der Waals surface area (Å²) in [5.41, 5.74) is 2.28. The van der Waals surface area contributed by atoms with Gasteiger partial charge in [0.05, 0.1) is 22.6 Å². The molecule has 35 heavy (non-hydrogen) atoms. The fraction of sp³-hybridized carbons (Fsp3) is 0.154. The molecule has 0 aliphatic heterocycles. The molecule has 0 saturated heterocycles. The monoisotopic (exact) mass is 514 g/mol. The van der Waals surface area contributed by atoms with Gasteiger partial charge in [-0.3, -0.25) is 4.98 Å². The molecule has 0 atom stereocenters. The molecule has 0 N–H and O–H groups in total. The lowest BCUT2D eigenvalue weighted by molar-refractivity contribution is -0.137. The van der Waals surface area contributed by atoms with E-state index < -0.39 is 17.7 Å². The minimum Gasteiger partial charge on any atom is -0.466 e. The second kappa shape index (κ2) is 10.1. The van der Waals surface area contributed by atoms with Gasteiger partial charge in [-0.05, 0) is 42.0 Å². The van der Waals surface area contributed by atoms with Crippen LogP contribution in [-0.4, -0.2) is 32.2 Å². The summed E-state index contributed by atoms with van der Waals surface area (Å²) in [7, 11) is 5.22. The number of rotatable bonds is 6. The van der Waals surface area contributed by atoms with Crippen molar-refractivity contribution in [3.8, 4) is 32.0 Å². The van der Waals surface area contributed by atoms with Crippen molar-refractivity contribution in [3.63, 3.8) is 0 Å². The summed E-state index contributed by atoms with van der Waals surface area (Å²) in [6.07, 6.45) is 1.93. The molecule has 0 radical (unpaired) electrons. The fourth-order valence-electron chi connectivity index (χ4n) is 3.54. The third kappa shape index (κ3) is 5.31. The third-order valence-corrected chi connectivity index (χ3v) is 7.80. The number of methoxy groups -OCH3 is 1. The van der Waals surface area contributed by atoms with Gasteiger partial charge in [-0.1, -0.05) is 18.2 Å². The van der Waals surface area contributed by atoms with Crippen LogP contribution >= 0.6 is 22.7 Å². The number of ether oxygens (including phenoxy) is 1. The number of hydrogen-bond acceptors (Lipinski definition) is 6. The Morgan fingerprint density at radius 2 is 1.74 bits per heavy atom. The first-order valence-corrected chi connectivity index (χ1v) is 12.1. The first kappa shape index (κ1) is 24.7. The van der Waals surface area contributed by atoms with Gasteiger partial charge in [0, 0.05) is 59.0 Å². The number of carbonyl (C=O) groups excluding carboxylic acids is 1. The summed E-state index contributed by atoms with van der Waals surface area (Å²) >= 11 is 3.07. The van der Waals surface area contributed by atoms with Crippen molar-refractivity contribution in [2.24, 2.45) is 0 Å². The van der Waals surface area contributed by atoms with Gasteiger partial charge < -0.3 is 9.64 Å². The Bertz CT molecular complexity index is 1360. The number of nitrogens with zero attached hydrogens (tertiary/aromatic N) is 2. The van der Waals surface area contributed by atoms with E-state index in [0.29, 0.717) is 5.56 Å². The van der Waals surface area contributed by atoms with Crippen molar-refractivity contribution in [3.05, 3.63) is 77.4 Å². The first-order valence-electron chi connectivity index (χ1n) is 10.5. The minimum absolute atomic E-state index is 0.521. The number of hydrogen-bond donors (Lipinski definition) is 0. The van der Waals surface area contributed by atoms with Crippen LogP contribution in [0.4, 0.5) is 18.2 Å². The molecular formula is C26H21F3N2O2S2. The number of aromatic nitrogens is 1. The fourth-order valence-corrected chi connectivity index (χ4v) is 5.83. The molecular weight excluding hydrogens is 493 g/mol. The van der Waals surface area contributed by atoms with Gasteiger partial charge >= 0.3 is 12.1 Å². The highest BCUT2D eigenvalue weighted by molar-refractivity contribution is 7.25. The summed E-state index contributed by atoms with van der Waals surface area (Å²) in [5, 5.41) is 1.06. The van der Waals surface area contributed by atoms with Crippen LogP contribution in [0.2, 0.25) is 0 Å². The van der Waals surface area contributed by atoms with Crippen LogP contribution in [0.3, 0.4) is 0 Å². The summed E-state index contributed by atoms with van der Waals surface area (Å²) in [6, 6.07) is 12.8. The van der Waals surface area contributed by atoms with E-state index in [4.69, 9.17) is 4.74 Å². The number of carbonyl (C=O) groups is 1. The van der Waals surface area contributed by atoms with Gasteiger partial charge in [0.1, 0.15) is 0 Å². The zero-order valence-electron chi connectivity index (χ0n) is 19.1. The van der Waals surface area contributed by atoms with Crippen molar-refractivity contribution in [2.75, 3.05) is 26.1 Å². The molecule has 0 amide bonds. The molecule has 3 aromatic heterocycles. The number of esters is 1. The van der Waals surface area contributed by atoms with E-state index in [1.165, 1.54) is 36.7 Å². The van der Waals surface area contributed by atoms with Crippen LogP contribution in [0.25, 0.3) is 38.1 Å². The Kier molecular flexibility index (Phi) is 7.09. The van der Waals surface area contributed by atoms with Gasteiger partial charge in [-0.15, -0.1) is 22.7 Å². The number of alkyl halides is 3. The van der Waals surface area contributed by atoms with Crippen molar-refractivity contribution in [1.29, 1.82) is 0 Å². The lowest BCUT2D eigenvalue weighted by atomic mass is 9.94. The average molecular weight is 515 g/mol.